The van der Waals surface area contributed by atoms with Crippen LogP contribution in [0.4, 0.5) is 5.69 Å². The number of anilines is 1. The highest BCUT2D eigenvalue weighted by Gasteiger charge is 2.09. The van der Waals surface area contributed by atoms with Gasteiger partial charge in [0, 0.05) is 18.8 Å². The van der Waals surface area contributed by atoms with E-state index in [1.54, 1.807) is 0 Å². The Morgan fingerprint density at radius 2 is 2.17 bits per heavy atom. The van der Waals surface area contributed by atoms with Gasteiger partial charge in [-0.15, -0.1) is 0 Å². The molecule has 6 nitrogen and oxygen atoms in total. The van der Waals surface area contributed by atoms with Gasteiger partial charge in [0.15, 0.2) is 0 Å². The Hall–Kier alpha value is -1.79. The van der Waals surface area contributed by atoms with Crippen LogP contribution >= 0.6 is 0 Å². The van der Waals surface area contributed by atoms with Gasteiger partial charge >= 0.3 is 0 Å². The Labute approximate surface area is 105 Å². The first-order valence-electron chi connectivity index (χ1n) is 5.70. The van der Waals surface area contributed by atoms with E-state index in [1.807, 2.05) is 0 Å². The first kappa shape index (κ1) is 14.3. The standard InChI is InChI=1S/C12H18N2O4/c13-11-3-2-9(16)8-10(11)12(17)14-4-1-6-18-7-5-15/h2-3,8,15-16H,1,4-7,13H2,(H,14,17). The molecule has 0 saturated carbocycles. The number of aliphatic hydroxyl groups excluding tert-OH is 1. The van der Waals surface area contributed by atoms with Crippen molar-refractivity contribution in [2.45, 2.75) is 6.42 Å². The summed E-state index contributed by atoms with van der Waals surface area (Å²) in [6.45, 7) is 1.20. The number of rotatable bonds is 7. The highest BCUT2D eigenvalue weighted by molar-refractivity contribution is 5.99. The number of aliphatic hydroxyl groups is 1. The van der Waals surface area contributed by atoms with Gasteiger partial charge in [0.1, 0.15) is 5.75 Å². The molecule has 0 aliphatic heterocycles. The second kappa shape index (κ2) is 7.52. The lowest BCUT2D eigenvalue weighted by atomic mass is 10.1. The summed E-state index contributed by atoms with van der Waals surface area (Å²) in [6.07, 6.45) is 0.643. The van der Waals surface area contributed by atoms with E-state index in [0.29, 0.717) is 31.9 Å². The first-order valence-corrected chi connectivity index (χ1v) is 5.70. The molecule has 18 heavy (non-hydrogen) atoms. The molecule has 0 atom stereocenters. The number of hydrogen-bond acceptors (Lipinski definition) is 5. The first-order chi connectivity index (χ1) is 8.65. The normalized spacial score (nSPS) is 10.3. The molecule has 0 aliphatic rings. The monoisotopic (exact) mass is 254 g/mol. The molecule has 0 spiro atoms. The van der Waals surface area contributed by atoms with Crippen LogP contribution in [0.15, 0.2) is 18.2 Å². The zero-order valence-electron chi connectivity index (χ0n) is 10.1. The quantitative estimate of drug-likeness (QED) is 0.314. The molecule has 0 radical (unpaired) electrons. The summed E-state index contributed by atoms with van der Waals surface area (Å²) in [5.74, 6) is -0.328. The van der Waals surface area contributed by atoms with E-state index in [9.17, 15) is 9.90 Å². The van der Waals surface area contributed by atoms with Crippen molar-refractivity contribution in [2.24, 2.45) is 0 Å². The van der Waals surface area contributed by atoms with Gasteiger partial charge in [-0.25, -0.2) is 0 Å². The third-order valence-electron chi connectivity index (χ3n) is 2.27. The van der Waals surface area contributed by atoms with Crippen LogP contribution in [0.2, 0.25) is 0 Å². The minimum Gasteiger partial charge on any atom is -0.508 e. The van der Waals surface area contributed by atoms with Crippen LogP contribution in [0.5, 0.6) is 5.75 Å². The molecular weight excluding hydrogens is 236 g/mol. The molecule has 1 amide bonds. The van der Waals surface area contributed by atoms with E-state index in [4.69, 9.17) is 15.6 Å². The number of nitrogen functional groups attached to an aromatic ring is 1. The molecule has 100 valence electrons. The van der Waals surface area contributed by atoms with E-state index in [0.717, 1.165) is 0 Å². The fourth-order valence-electron chi connectivity index (χ4n) is 1.38. The van der Waals surface area contributed by atoms with Crippen LogP contribution < -0.4 is 11.1 Å². The molecule has 0 aliphatic carbocycles. The summed E-state index contributed by atoms with van der Waals surface area (Å²) in [5.41, 5.74) is 6.21. The molecule has 1 rings (SSSR count). The van der Waals surface area contributed by atoms with Crippen LogP contribution in [0.3, 0.4) is 0 Å². The van der Waals surface area contributed by atoms with Gasteiger partial charge in [0.05, 0.1) is 18.8 Å². The number of phenolic OH excluding ortho intramolecular Hbond substituents is 1. The Balaban J connectivity index is 2.34. The van der Waals surface area contributed by atoms with E-state index in [-0.39, 0.29) is 23.8 Å². The average molecular weight is 254 g/mol. The predicted octanol–water partition coefficient (Wildman–Crippen LogP) is 0.103. The van der Waals surface area contributed by atoms with Crippen molar-refractivity contribution in [1.82, 2.24) is 5.32 Å². The molecule has 0 fully saturated rings. The summed E-state index contributed by atoms with van der Waals surface area (Å²) in [4.78, 5) is 11.7. The van der Waals surface area contributed by atoms with Crippen LogP contribution in [0, 0.1) is 0 Å². The summed E-state index contributed by atoms with van der Waals surface area (Å²) in [7, 11) is 0. The number of phenols is 1. The molecule has 6 heteroatoms. The molecular formula is C12H18N2O4. The lowest BCUT2D eigenvalue weighted by molar-refractivity contribution is 0.0868. The molecule has 5 N–H and O–H groups in total. The summed E-state index contributed by atoms with van der Waals surface area (Å²) in [5, 5.41) is 20.4. The van der Waals surface area contributed by atoms with Gasteiger partial charge in [-0.1, -0.05) is 0 Å². The molecule has 0 saturated heterocycles. The topological polar surface area (TPSA) is 105 Å². The number of carbonyl (C=O) groups is 1. The third kappa shape index (κ3) is 4.60. The maximum atomic E-state index is 11.7. The minimum atomic E-state index is -0.328. The van der Waals surface area contributed by atoms with E-state index >= 15 is 0 Å². The van der Waals surface area contributed by atoms with Crippen LogP contribution in [0.1, 0.15) is 16.8 Å². The minimum absolute atomic E-state index is 0.000583. The van der Waals surface area contributed by atoms with Gasteiger partial charge in [-0.3, -0.25) is 4.79 Å². The van der Waals surface area contributed by atoms with Gasteiger partial charge in [-0.05, 0) is 24.6 Å². The summed E-state index contributed by atoms with van der Waals surface area (Å²) < 4.78 is 5.05. The van der Waals surface area contributed by atoms with E-state index in [1.165, 1.54) is 18.2 Å². The van der Waals surface area contributed by atoms with Crippen molar-refractivity contribution in [3.8, 4) is 5.75 Å². The molecule has 0 bridgehead atoms. The van der Waals surface area contributed by atoms with Gasteiger partial charge in [0.2, 0.25) is 0 Å². The molecule has 0 heterocycles. The second-order valence-electron chi connectivity index (χ2n) is 3.72. The number of aromatic hydroxyl groups is 1. The predicted molar refractivity (Wildman–Crippen MR) is 67.4 cm³/mol. The smallest absolute Gasteiger partial charge is 0.253 e. The average Bonchev–Trinajstić information content (AvgIpc) is 2.36. The number of ether oxygens (including phenoxy) is 1. The Morgan fingerprint density at radius 1 is 1.39 bits per heavy atom. The zero-order valence-corrected chi connectivity index (χ0v) is 10.1. The number of benzene rings is 1. The number of nitrogens with two attached hydrogens (primary N) is 1. The highest BCUT2D eigenvalue weighted by Crippen LogP contribution is 2.18. The van der Waals surface area contributed by atoms with Crippen molar-refractivity contribution in [3.63, 3.8) is 0 Å². The summed E-state index contributed by atoms with van der Waals surface area (Å²) in [6, 6.07) is 4.23. The van der Waals surface area contributed by atoms with Crippen molar-refractivity contribution < 1.29 is 19.7 Å². The number of hydrogen-bond donors (Lipinski definition) is 4. The fraction of sp³-hybridized carbons (Fsp3) is 0.417. The maximum absolute atomic E-state index is 11.7. The number of amides is 1. The van der Waals surface area contributed by atoms with E-state index < -0.39 is 0 Å². The fourth-order valence-corrected chi connectivity index (χ4v) is 1.38. The highest BCUT2D eigenvalue weighted by atomic mass is 16.5. The largest absolute Gasteiger partial charge is 0.508 e. The molecule has 0 aromatic heterocycles. The van der Waals surface area contributed by atoms with Gasteiger partial charge in [-0.2, -0.15) is 0 Å². The van der Waals surface area contributed by atoms with Crippen molar-refractivity contribution in [3.05, 3.63) is 23.8 Å². The zero-order chi connectivity index (χ0) is 13.4. The Kier molecular flexibility index (Phi) is 5.96. The van der Waals surface area contributed by atoms with Gasteiger partial charge in [0.25, 0.3) is 5.91 Å². The Bertz CT molecular complexity index is 396. The molecule has 0 unspecified atom stereocenters. The van der Waals surface area contributed by atoms with Crippen LogP contribution in [0.25, 0.3) is 0 Å². The number of nitrogens with one attached hydrogen (secondary N) is 1. The maximum Gasteiger partial charge on any atom is 0.253 e. The van der Waals surface area contributed by atoms with Crippen LogP contribution in [-0.4, -0.2) is 42.5 Å². The molecule has 1 aromatic carbocycles. The summed E-state index contributed by atoms with van der Waals surface area (Å²) >= 11 is 0. The van der Waals surface area contributed by atoms with Crippen molar-refractivity contribution in [2.75, 3.05) is 32.1 Å². The van der Waals surface area contributed by atoms with Gasteiger partial charge < -0.3 is 26.0 Å². The SMILES string of the molecule is Nc1ccc(O)cc1C(=O)NCCCOCCO. The second-order valence-corrected chi connectivity index (χ2v) is 3.72. The van der Waals surface area contributed by atoms with Crippen molar-refractivity contribution >= 4 is 11.6 Å². The Morgan fingerprint density at radius 3 is 2.89 bits per heavy atom. The van der Waals surface area contributed by atoms with E-state index in [2.05, 4.69) is 5.32 Å². The van der Waals surface area contributed by atoms with Crippen LogP contribution in [-0.2, 0) is 4.74 Å². The van der Waals surface area contributed by atoms with Crippen molar-refractivity contribution in [1.29, 1.82) is 0 Å². The lowest BCUT2D eigenvalue weighted by Gasteiger charge is -2.08. The number of carbonyl (C=O) groups excluding carboxylic acids is 1. The third-order valence-corrected chi connectivity index (χ3v) is 2.27. The molecule has 1 aromatic rings. The lowest BCUT2D eigenvalue weighted by Crippen LogP contribution is -2.26.